The van der Waals surface area contributed by atoms with Crippen LogP contribution in [0.25, 0.3) is 98.2 Å². The molecule has 0 N–H and O–H groups in total. The molecule has 0 amide bonds. The molecule has 0 aliphatic carbocycles. The topological polar surface area (TPSA) is 64.7 Å². The molecule has 48 heavy (non-hydrogen) atoms. The molecular weight excluding hydrogens is 609 g/mol. The lowest BCUT2D eigenvalue weighted by Gasteiger charge is -2.11. The Bertz CT molecular complexity index is 2840. The number of benzene rings is 6. The number of thiophene rings is 1. The molecule has 4 heterocycles. The molecule has 0 radical (unpaired) electrons. The fourth-order valence-corrected chi connectivity index (χ4v) is 7.92. The molecule has 0 spiro atoms. The first-order chi connectivity index (χ1) is 23.8. The van der Waals surface area contributed by atoms with Gasteiger partial charge in [-0.25, -0.2) is 15.0 Å². The second-order valence-corrected chi connectivity index (χ2v) is 12.9. The van der Waals surface area contributed by atoms with E-state index in [1.54, 1.807) is 11.3 Å². The molecule has 0 saturated heterocycles. The maximum atomic E-state index is 6.74. The Balaban J connectivity index is 1.30. The van der Waals surface area contributed by atoms with E-state index in [4.69, 9.17) is 19.4 Å². The zero-order valence-electron chi connectivity index (χ0n) is 25.5. The molecule has 0 unspecified atom stereocenters. The monoisotopic (exact) mass is 632 g/mol. The number of furan rings is 1. The Kier molecular flexibility index (Phi) is 5.98. The third kappa shape index (κ3) is 4.24. The molecule has 224 valence electrons. The van der Waals surface area contributed by atoms with E-state index >= 15 is 0 Å². The van der Waals surface area contributed by atoms with Crippen molar-refractivity contribution in [3.8, 4) is 45.3 Å². The van der Waals surface area contributed by atoms with Crippen molar-refractivity contribution in [2.45, 2.75) is 0 Å². The van der Waals surface area contributed by atoms with Gasteiger partial charge in [-0.15, -0.1) is 11.3 Å². The van der Waals surface area contributed by atoms with E-state index < -0.39 is 0 Å². The third-order valence-electron chi connectivity index (χ3n) is 9.01. The van der Waals surface area contributed by atoms with Crippen molar-refractivity contribution in [1.29, 1.82) is 0 Å². The third-order valence-corrected chi connectivity index (χ3v) is 10.2. The first kappa shape index (κ1) is 26.9. The van der Waals surface area contributed by atoms with Crippen LogP contribution in [0.15, 0.2) is 150 Å². The second kappa shape index (κ2) is 10.7. The zero-order valence-corrected chi connectivity index (χ0v) is 26.3. The lowest BCUT2D eigenvalue weighted by atomic mass is 9.97. The number of nitrogens with zero attached hydrogens (tertiary/aromatic N) is 4. The Hall–Kier alpha value is -6.24. The molecule has 0 bridgehead atoms. The molecule has 10 rings (SSSR count). The first-order valence-electron chi connectivity index (χ1n) is 15.8. The largest absolute Gasteiger partial charge is 0.455 e. The Morgan fingerprint density at radius 3 is 2.00 bits per heavy atom. The molecular formula is C42H24N4OS. The lowest BCUT2D eigenvalue weighted by Crippen LogP contribution is -2.01. The van der Waals surface area contributed by atoms with Crippen LogP contribution >= 0.6 is 11.3 Å². The van der Waals surface area contributed by atoms with Gasteiger partial charge in [0.15, 0.2) is 17.5 Å². The molecule has 6 aromatic carbocycles. The standard InChI is InChI=1S/C42H24N4OS/c1-3-10-25(11-4-1)29-18-19-32(38-33-22-27-20-21-43-24-28(27)23-34(33)47-39(29)38)42-45-40(26-12-5-2-6-13-26)44-41(46-42)31-15-9-17-36-37(31)30-14-7-8-16-35(30)48-36/h1-24H. The smallest absolute Gasteiger partial charge is 0.164 e. The van der Waals surface area contributed by atoms with Gasteiger partial charge in [0, 0.05) is 71.0 Å². The molecule has 0 aliphatic heterocycles. The number of aromatic nitrogens is 4. The minimum atomic E-state index is 0.595. The van der Waals surface area contributed by atoms with Crippen LogP contribution in [0.3, 0.4) is 0 Å². The Labute approximate surface area is 278 Å². The predicted molar refractivity (Wildman–Crippen MR) is 197 cm³/mol. The highest BCUT2D eigenvalue weighted by Crippen LogP contribution is 2.44. The van der Waals surface area contributed by atoms with Crippen LogP contribution in [0.2, 0.25) is 0 Å². The summed E-state index contributed by atoms with van der Waals surface area (Å²) < 4.78 is 9.18. The lowest BCUT2D eigenvalue weighted by molar-refractivity contribution is 0.670. The van der Waals surface area contributed by atoms with Crippen LogP contribution in [-0.2, 0) is 0 Å². The van der Waals surface area contributed by atoms with E-state index in [0.29, 0.717) is 17.5 Å². The van der Waals surface area contributed by atoms with Crippen LogP contribution in [0.1, 0.15) is 0 Å². The number of hydrogen-bond acceptors (Lipinski definition) is 6. The summed E-state index contributed by atoms with van der Waals surface area (Å²) in [5, 5.41) is 6.46. The van der Waals surface area contributed by atoms with Crippen molar-refractivity contribution in [2.24, 2.45) is 0 Å². The van der Waals surface area contributed by atoms with Gasteiger partial charge in [0.05, 0.1) is 0 Å². The minimum Gasteiger partial charge on any atom is -0.455 e. The average molecular weight is 633 g/mol. The van der Waals surface area contributed by atoms with Gasteiger partial charge in [-0.1, -0.05) is 91.0 Å². The van der Waals surface area contributed by atoms with Crippen molar-refractivity contribution in [2.75, 3.05) is 0 Å². The highest BCUT2D eigenvalue weighted by atomic mass is 32.1. The molecule has 5 nitrogen and oxygen atoms in total. The van der Waals surface area contributed by atoms with E-state index in [1.165, 1.54) is 14.8 Å². The zero-order chi connectivity index (χ0) is 31.6. The number of rotatable bonds is 4. The van der Waals surface area contributed by atoms with Crippen LogP contribution in [0, 0.1) is 0 Å². The molecule has 0 aliphatic rings. The molecule has 0 atom stereocenters. The molecule has 0 saturated carbocycles. The predicted octanol–water partition coefficient (Wildman–Crippen LogP) is 11.4. The summed E-state index contributed by atoms with van der Waals surface area (Å²) >= 11 is 1.79. The maximum Gasteiger partial charge on any atom is 0.164 e. The summed E-state index contributed by atoms with van der Waals surface area (Å²) in [7, 11) is 0. The van der Waals surface area contributed by atoms with E-state index in [1.807, 2.05) is 54.9 Å². The van der Waals surface area contributed by atoms with Gasteiger partial charge in [-0.2, -0.15) is 0 Å². The highest BCUT2D eigenvalue weighted by Gasteiger charge is 2.22. The first-order valence-corrected chi connectivity index (χ1v) is 16.6. The van der Waals surface area contributed by atoms with Gasteiger partial charge in [0.2, 0.25) is 0 Å². The van der Waals surface area contributed by atoms with Crippen molar-refractivity contribution in [3.63, 3.8) is 0 Å². The van der Waals surface area contributed by atoms with Gasteiger partial charge >= 0.3 is 0 Å². The van der Waals surface area contributed by atoms with Gasteiger partial charge in [-0.05, 0) is 53.4 Å². The van der Waals surface area contributed by atoms with Gasteiger partial charge in [0.25, 0.3) is 0 Å². The van der Waals surface area contributed by atoms with Crippen molar-refractivity contribution in [3.05, 3.63) is 146 Å². The van der Waals surface area contributed by atoms with Gasteiger partial charge < -0.3 is 4.42 Å². The summed E-state index contributed by atoms with van der Waals surface area (Å²) in [4.78, 5) is 19.9. The molecule has 6 heteroatoms. The Morgan fingerprint density at radius 1 is 0.479 bits per heavy atom. The fraction of sp³-hybridized carbons (Fsp3) is 0. The second-order valence-electron chi connectivity index (χ2n) is 11.9. The molecule has 10 aromatic rings. The van der Waals surface area contributed by atoms with Crippen LogP contribution in [0.4, 0.5) is 0 Å². The fourth-order valence-electron chi connectivity index (χ4n) is 6.79. The summed E-state index contributed by atoms with van der Waals surface area (Å²) in [6.45, 7) is 0. The highest BCUT2D eigenvalue weighted by molar-refractivity contribution is 7.25. The minimum absolute atomic E-state index is 0.595. The summed E-state index contributed by atoms with van der Waals surface area (Å²) in [6, 6.07) is 46.0. The van der Waals surface area contributed by atoms with Gasteiger partial charge in [-0.3, -0.25) is 4.98 Å². The van der Waals surface area contributed by atoms with E-state index in [0.717, 1.165) is 65.9 Å². The quantitative estimate of drug-likeness (QED) is 0.193. The van der Waals surface area contributed by atoms with Crippen molar-refractivity contribution in [1.82, 2.24) is 19.9 Å². The SMILES string of the molecule is c1ccc(-c2nc(-c3cccc4sc5ccccc5c34)nc(-c3ccc(-c4ccccc4)c4oc5cc6cnccc6cc5c34)n2)cc1. The maximum absolute atomic E-state index is 6.74. The summed E-state index contributed by atoms with van der Waals surface area (Å²) in [5.41, 5.74) is 6.49. The van der Waals surface area contributed by atoms with Crippen molar-refractivity contribution < 1.29 is 4.42 Å². The van der Waals surface area contributed by atoms with Crippen LogP contribution in [0.5, 0.6) is 0 Å². The van der Waals surface area contributed by atoms with E-state index in [9.17, 15) is 0 Å². The summed E-state index contributed by atoms with van der Waals surface area (Å²) in [6.07, 6.45) is 3.70. The number of hydrogen-bond donors (Lipinski definition) is 0. The number of pyridine rings is 1. The number of fused-ring (bicyclic) bond motifs is 7. The van der Waals surface area contributed by atoms with E-state index in [2.05, 4.69) is 96.0 Å². The van der Waals surface area contributed by atoms with Crippen LogP contribution in [-0.4, -0.2) is 19.9 Å². The Morgan fingerprint density at radius 2 is 1.17 bits per heavy atom. The average Bonchev–Trinajstić information content (AvgIpc) is 3.72. The molecule has 4 aromatic heterocycles. The summed E-state index contributed by atoms with van der Waals surface area (Å²) in [5.74, 6) is 1.85. The van der Waals surface area contributed by atoms with Crippen LogP contribution < -0.4 is 0 Å². The normalized spacial score (nSPS) is 11.8. The van der Waals surface area contributed by atoms with Crippen molar-refractivity contribution >= 4 is 64.2 Å². The van der Waals surface area contributed by atoms with Gasteiger partial charge in [0.1, 0.15) is 11.2 Å². The van der Waals surface area contributed by atoms with E-state index in [-0.39, 0.29) is 0 Å². The molecule has 0 fully saturated rings.